The predicted molar refractivity (Wildman–Crippen MR) is 67.9 cm³/mol. The first-order valence-corrected chi connectivity index (χ1v) is 6.69. The van der Waals surface area contributed by atoms with E-state index in [-0.39, 0.29) is 6.10 Å². The molecule has 4 heteroatoms. The van der Waals surface area contributed by atoms with Gasteiger partial charge in [-0.25, -0.2) is 0 Å². The molecule has 2 unspecified atom stereocenters. The van der Waals surface area contributed by atoms with Crippen LogP contribution in [0.5, 0.6) is 0 Å². The van der Waals surface area contributed by atoms with E-state index in [2.05, 4.69) is 30.5 Å². The Hall–Kier alpha value is -0.870. The van der Waals surface area contributed by atoms with Gasteiger partial charge in [0.25, 0.3) is 0 Å². The van der Waals surface area contributed by atoms with Gasteiger partial charge in [-0.2, -0.15) is 5.10 Å². The summed E-state index contributed by atoms with van der Waals surface area (Å²) in [5.74, 6) is 0.592. The maximum Gasteiger partial charge on any atom is 0.0896 e. The molecule has 96 valence electrons. The van der Waals surface area contributed by atoms with E-state index in [0.717, 1.165) is 39.1 Å². The zero-order valence-corrected chi connectivity index (χ0v) is 10.9. The van der Waals surface area contributed by atoms with E-state index >= 15 is 0 Å². The van der Waals surface area contributed by atoms with Crippen LogP contribution in [0.4, 0.5) is 0 Å². The van der Waals surface area contributed by atoms with Gasteiger partial charge in [0.15, 0.2) is 0 Å². The summed E-state index contributed by atoms with van der Waals surface area (Å²) in [5.41, 5.74) is 1.24. The first-order chi connectivity index (χ1) is 8.35. The van der Waals surface area contributed by atoms with Crippen molar-refractivity contribution in [3.8, 4) is 0 Å². The molecule has 1 aliphatic heterocycles. The lowest BCUT2D eigenvalue weighted by Crippen LogP contribution is -2.24. The zero-order valence-electron chi connectivity index (χ0n) is 10.9. The first-order valence-electron chi connectivity index (χ1n) is 6.69. The standard InChI is InChI=1S/C13H23N3O/c1-3-6-16-10-12(9-15-16)13-11(5-7-17-13)8-14-4-2/h9-11,13-14H,3-8H2,1-2H3. The first kappa shape index (κ1) is 12.6. The van der Waals surface area contributed by atoms with Crippen LogP contribution in [0.25, 0.3) is 0 Å². The van der Waals surface area contributed by atoms with Crippen LogP contribution in [-0.2, 0) is 11.3 Å². The molecule has 1 N–H and O–H groups in total. The summed E-state index contributed by atoms with van der Waals surface area (Å²) in [6.07, 6.45) is 6.60. The third kappa shape index (κ3) is 3.07. The van der Waals surface area contributed by atoms with Gasteiger partial charge < -0.3 is 10.1 Å². The summed E-state index contributed by atoms with van der Waals surface area (Å²) in [6, 6.07) is 0. The van der Waals surface area contributed by atoms with E-state index in [9.17, 15) is 0 Å². The molecule has 0 aliphatic carbocycles. The molecule has 2 heterocycles. The number of hydrogen-bond acceptors (Lipinski definition) is 3. The molecule has 4 nitrogen and oxygen atoms in total. The maximum absolute atomic E-state index is 5.85. The van der Waals surface area contributed by atoms with Gasteiger partial charge in [-0.05, 0) is 19.4 Å². The minimum atomic E-state index is 0.236. The second-order valence-corrected chi connectivity index (χ2v) is 4.68. The van der Waals surface area contributed by atoms with Gasteiger partial charge in [0, 0.05) is 37.4 Å². The Morgan fingerprint density at radius 1 is 1.53 bits per heavy atom. The molecular weight excluding hydrogens is 214 g/mol. The van der Waals surface area contributed by atoms with Crippen molar-refractivity contribution in [2.75, 3.05) is 19.7 Å². The number of aromatic nitrogens is 2. The highest BCUT2D eigenvalue weighted by molar-refractivity contribution is 5.11. The van der Waals surface area contributed by atoms with Crippen LogP contribution in [-0.4, -0.2) is 29.5 Å². The molecule has 0 radical (unpaired) electrons. The van der Waals surface area contributed by atoms with Crippen LogP contribution in [0.15, 0.2) is 12.4 Å². The van der Waals surface area contributed by atoms with Crippen LogP contribution in [0.3, 0.4) is 0 Å². The van der Waals surface area contributed by atoms with Crippen molar-refractivity contribution in [3.05, 3.63) is 18.0 Å². The molecule has 17 heavy (non-hydrogen) atoms. The smallest absolute Gasteiger partial charge is 0.0896 e. The third-order valence-electron chi connectivity index (χ3n) is 3.31. The van der Waals surface area contributed by atoms with Gasteiger partial charge in [-0.3, -0.25) is 4.68 Å². The van der Waals surface area contributed by atoms with Crippen LogP contribution in [0, 0.1) is 5.92 Å². The van der Waals surface area contributed by atoms with Gasteiger partial charge >= 0.3 is 0 Å². The summed E-state index contributed by atoms with van der Waals surface area (Å²) in [4.78, 5) is 0. The Labute approximate surface area is 103 Å². The number of hydrogen-bond donors (Lipinski definition) is 1. The minimum absolute atomic E-state index is 0.236. The fourth-order valence-corrected chi connectivity index (χ4v) is 2.42. The fourth-order valence-electron chi connectivity index (χ4n) is 2.42. The molecule has 1 aliphatic rings. The Morgan fingerprint density at radius 2 is 2.41 bits per heavy atom. The highest BCUT2D eigenvalue weighted by Gasteiger charge is 2.30. The van der Waals surface area contributed by atoms with E-state index in [1.165, 1.54) is 5.56 Å². The van der Waals surface area contributed by atoms with E-state index in [0.29, 0.717) is 5.92 Å². The van der Waals surface area contributed by atoms with Crippen LogP contribution in [0.2, 0.25) is 0 Å². The molecule has 1 fully saturated rings. The maximum atomic E-state index is 5.85. The Bertz CT molecular complexity index is 337. The third-order valence-corrected chi connectivity index (χ3v) is 3.31. The topological polar surface area (TPSA) is 39.1 Å². The van der Waals surface area contributed by atoms with Crippen molar-refractivity contribution >= 4 is 0 Å². The molecule has 0 saturated carbocycles. The summed E-state index contributed by atoms with van der Waals surface area (Å²) in [5, 5.41) is 7.80. The molecule has 2 atom stereocenters. The molecule has 0 amide bonds. The Kier molecular flexibility index (Phi) is 4.57. The number of ether oxygens (including phenoxy) is 1. The van der Waals surface area contributed by atoms with Crippen molar-refractivity contribution in [2.45, 2.75) is 39.3 Å². The molecule has 0 spiro atoms. The normalized spacial score (nSPS) is 24.4. The average Bonchev–Trinajstić information content (AvgIpc) is 2.94. The van der Waals surface area contributed by atoms with Gasteiger partial charge in [0.1, 0.15) is 0 Å². The minimum Gasteiger partial charge on any atom is -0.373 e. The molecule has 1 saturated heterocycles. The molecule has 0 bridgehead atoms. The summed E-state index contributed by atoms with van der Waals surface area (Å²) >= 11 is 0. The van der Waals surface area contributed by atoms with Crippen molar-refractivity contribution in [1.29, 1.82) is 0 Å². The lowest BCUT2D eigenvalue weighted by molar-refractivity contribution is 0.0906. The van der Waals surface area contributed by atoms with E-state index in [1.807, 2.05) is 10.9 Å². The molecule has 2 rings (SSSR count). The van der Waals surface area contributed by atoms with Gasteiger partial charge in [0.2, 0.25) is 0 Å². The van der Waals surface area contributed by atoms with Gasteiger partial charge in [-0.15, -0.1) is 0 Å². The van der Waals surface area contributed by atoms with Crippen molar-refractivity contribution in [2.24, 2.45) is 5.92 Å². The highest BCUT2D eigenvalue weighted by Crippen LogP contribution is 2.33. The number of rotatable bonds is 6. The SMILES string of the molecule is CCCn1cc(C2OCCC2CNCC)cn1. The highest BCUT2D eigenvalue weighted by atomic mass is 16.5. The van der Waals surface area contributed by atoms with Crippen molar-refractivity contribution < 1.29 is 4.74 Å². The van der Waals surface area contributed by atoms with Crippen molar-refractivity contribution in [1.82, 2.24) is 15.1 Å². The fraction of sp³-hybridized carbons (Fsp3) is 0.769. The van der Waals surface area contributed by atoms with E-state index in [1.54, 1.807) is 0 Å². The number of aryl methyl sites for hydroxylation is 1. The summed E-state index contributed by atoms with van der Waals surface area (Å²) in [7, 11) is 0. The molecule has 1 aromatic rings. The zero-order chi connectivity index (χ0) is 12.1. The predicted octanol–water partition coefficient (Wildman–Crippen LogP) is 1.98. The van der Waals surface area contributed by atoms with Crippen molar-refractivity contribution in [3.63, 3.8) is 0 Å². The van der Waals surface area contributed by atoms with Crippen LogP contribution < -0.4 is 5.32 Å². The number of nitrogens with zero attached hydrogens (tertiary/aromatic N) is 2. The largest absolute Gasteiger partial charge is 0.373 e. The molecular formula is C13H23N3O. The average molecular weight is 237 g/mol. The lowest BCUT2D eigenvalue weighted by Gasteiger charge is -2.17. The number of nitrogens with one attached hydrogen (secondary N) is 1. The Morgan fingerprint density at radius 3 is 3.18 bits per heavy atom. The van der Waals surface area contributed by atoms with Crippen LogP contribution >= 0.6 is 0 Å². The second-order valence-electron chi connectivity index (χ2n) is 4.68. The van der Waals surface area contributed by atoms with E-state index < -0.39 is 0 Å². The second kappa shape index (κ2) is 6.17. The monoisotopic (exact) mass is 237 g/mol. The quantitative estimate of drug-likeness (QED) is 0.822. The molecule has 1 aromatic heterocycles. The van der Waals surface area contributed by atoms with Gasteiger partial charge in [-0.1, -0.05) is 13.8 Å². The summed E-state index contributed by atoms with van der Waals surface area (Å²) < 4.78 is 7.86. The van der Waals surface area contributed by atoms with Crippen LogP contribution in [0.1, 0.15) is 38.4 Å². The van der Waals surface area contributed by atoms with Gasteiger partial charge in [0.05, 0.1) is 12.3 Å². The Balaban J connectivity index is 1.98. The lowest BCUT2D eigenvalue weighted by atomic mass is 9.97. The summed E-state index contributed by atoms with van der Waals surface area (Å²) in [6.45, 7) is 8.24. The van der Waals surface area contributed by atoms with E-state index in [4.69, 9.17) is 4.74 Å². The molecule has 0 aromatic carbocycles.